The van der Waals surface area contributed by atoms with E-state index in [1.165, 1.54) is 0 Å². The molecule has 0 bridgehead atoms. The van der Waals surface area contributed by atoms with Crippen LogP contribution in [0.25, 0.3) is 93.7 Å². The average Bonchev–Trinajstić information content (AvgIpc) is 4.14. The van der Waals surface area contributed by atoms with E-state index in [4.69, 9.17) is 9.72 Å². The maximum Gasteiger partial charge on any atom is 0.136 e. The molecule has 8 nitrogen and oxygen atoms in total. The summed E-state index contributed by atoms with van der Waals surface area (Å²) in [6.45, 7) is 2.05. The summed E-state index contributed by atoms with van der Waals surface area (Å²) in [5, 5.41) is 18.0. The molecular weight excluding hydrogens is 1050 g/mol. The monoisotopic (exact) mass is 1090 g/mol. The van der Waals surface area contributed by atoms with E-state index < -0.39 is 0 Å². The predicted octanol–water partition coefficient (Wildman–Crippen LogP) is 15.0. The minimum Gasteiger partial charge on any atom is -0.509 e. The van der Waals surface area contributed by atoms with E-state index in [2.05, 4.69) is 194 Å². The zero-order valence-corrected chi connectivity index (χ0v) is 40.3. The van der Waals surface area contributed by atoms with Crippen LogP contribution in [0.1, 0.15) is 5.56 Å². The van der Waals surface area contributed by atoms with E-state index in [0.29, 0.717) is 28.4 Å². The molecule has 0 N–H and O–H groups in total. The molecule has 1 aliphatic heterocycles. The van der Waals surface area contributed by atoms with Gasteiger partial charge >= 0.3 is 0 Å². The van der Waals surface area contributed by atoms with E-state index in [9.17, 15) is 5.26 Å². The molecule has 340 valence electrons. The number of ether oxygens (including phenoxy) is 1. The van der Waals surface area contributed by atoms with Gasteiger partial charge in [0.2, 0.25) is 0 Å². The number of nitrogens with zero attached hydrogens (tertiary/aromatic N) is 7. The van der Waals surface area contributed by atoms with Gasteiger partial charge in [-0.2, -0.15) is 24.1 Å². The van der Waals surface area contributed by atoms with Gasteiger partial charge in [-0.05, 0) is 73.1 Å². The summed E-state index contributed by atoms with van der Waals surface area (Å²) in [6.07, 6.45) is 1.88. The first-order chi connectivity index (χ1) is 34.6. The van der Waals surface area contributed by atoms with Crippen molar-refractivity contribution in [1.29, 1.82) is 5.26 Å². The molecule has 14 rings (SSSR count). The number of nitriles is 1. The molecule has 0 radical (unpaired) electrons. The molecule has 9 heteroatoms. The Balaban J connectivity index is 0.00000492. The number of fused-ring (bicyclic) bond motifs is 10. The molecule has 0 unspecified atom stereocenters. The standard InChI is InChI=1S/C62H38N7O.Pt/c1-65-39-66(57-29-13-12-28-56(57)65)41-16-14-17-42(35-41)70-43-32-33-49-48-22-6-11-27-55(48)69(60(49)36-43)61-34-40(37-63)50(38-64-61)62-58(67-51-23-7-2-18-44(51)45-19-3-8-24-52(45)67)30-15-31-59(62)68-53-25-9-4-20-46(53)47-21-5-10-26-54(47)68;/h2-34,38-39H,1H3;/q-3;. The number of hydrogen-bond donors (Lipinski definition) is 0. The molecule has 0 fully saturated rings. The first-order valence-electron chi connectivity index (χ1n) is 23.2. The largest absolute Gasteiger partial charge is 0.509 e. The fourth-order valence-electron chi connectivity index (χ4n) is 10.8. The van der Waals surface area contributed by atoms with Crippen LogP contribution in [0.15, 0.2) is 206 Å². The fourth-order valence-corrected chi connectivity index (χ4v) is 10.8. The molecular formula is C62H38N7OPt-3. The Morgan fingerprint density at radius 1 is 0.493 bits per heavy atom. The van der Waals surface area contributed by atoms with Crippen LogP contribution in [0, 0.1) is 30.1 Å². The molecule has 5 heterocycles. The number of hydrogen-bond acceptors (Lipinski definition) is 5. The zero-order chi connectivity index (χ0) is 46.5. The number of rotatable bonds is 7. The number of pyridine rings is 1. The van der Waals surface area contributed by atoms with Crippen LogP contribution >= 0.6 is 0 Å². The third kappa shape index (κ3) is 6.51. The molecule has 0 atom stereocenters. The number of benzene rings is 9. The third-order valence-electron chi connectivity index (χ3n) is 13.8. The van der Waals surface area contributed by atoms with Crippen LogP contribution in [-0.4, -0.2) is 25.7 Å². The van der Waals surface area contributed by atoms with Crippen molar-refractivity contribution in [2.24, 2.45) is 0 Å². The Morgan fingerprint density at radius 3 is 1.55 bits per heavy atom. The normalized spacial score (nSPS) is 12.3. The molecule has 13 aromatic rings. The maximum absolute atomic E-state index is 11.4. The van der Waals surface area contributed by atoms with Gasteiger partial charge in [0.1, 0.15) is 5.82 Å². The van der Waals surface area contributed by atoms with Gasteiger partial charge in [-0.25, -0.2) is 4.98 Å². The van der Waals surface area contributed by atoms with Crippen molar-refractivity contribution in [3.8, 4) is 45.9 Å². The second-order valence-electron chi connectivity index (χ2n) is 17.6. The topological polar surface area (TPSA) is 67.2 Å². The second kappa shape index (κ2) is 16.7. The number of anilines is 3. The van der Waals surface area contributed by atoms with Crippen molar-refractivity contribution >= 4 is 82.5 Å². The Bertz CT molecular complexity index is 4090. The van der Waals surface area contributed by atoms with Gasteiger partial charge in [-0.1, -0.05) is 115 Å². The smallest absolute Gasteiger partial charge is 0.136 e. The summed E-state index contributed by atoms with van der Waals surface area (Å²) in [6, 6.07) is 78.8. The first kappa shape index (κ1) is 42.2. The van der Waals surface area contributed by atoms with Crippen molar-refractivity contribution in [2.45, 2.75) is 0 Å². The zero-order valence-electron chi connectivity index (χ0n) is 38.1. The van der Waals surface area contributed by atoms with Crippen LogP contribution in [0.3, 0.4) is 0 Å². The van der Waals surface area contributed by atoms with E-state index in [0.717, 1.165) is 99.4 Å². The van der Waals surface area contributed by atoms with Gasteiger partial charge in [-0.3, -0.25) is 0 Å². The van der Waals surface area contributed by atoms with E-state index in [1.54, 1.807) is 0 Å². The second-order valence-corrected chi connectivity index (χ2v) is 17.6. The maximum atomic E-state index is 11.4. The Kier molecular flexibility index (Phi) is 9.91. The molecule has 1 aliphatic rings. The molecule has 0 spiro atoms. The van der Waals surface area contributed by atoms with E-state index in [1.807, 2.05) is 67.8 Å². The molecule has 0 amide bonds. The SMILES string of the molecule is CN1[CH-]N(c2[c-]c(Oc3[c-]c4c(cc3)c3ccccc3n4-c3cc(C#N)c(-c4c(-n5c6ccccc6c6ccccc65)cccc4-n4c5ccccc5c5ccccc54)cn3)ccc2)c2ccccc21.[Pt]. The summed E-state index contributed by atoms with van der Waals surface area (Å²) in [5.74, 6) is 1.68. The summed E-state index contributed by atoms with van der Waals surface area (Å²) in [4.78, 5) is 9.52. The minimum atomic E-state index is 0. The quantitative estimate of drug-likeness (QED) is 0.149. The van der Waals surface area contributed by atoms with E-state index >= 15 is 0 Å². The van der Waals surface area contributed by atoms with Crippen molar-refractivity contribution < 1.29 is 25.8 Å². The molecule has 9 aromatic carbocycles. The Hall–Kier alpha value is -8.89. The Labute approximate surface area is 423 Å². The fraction of sp³-hybridized carbons (Fsp3) is 0.0161. The molecule has 4 aromatic heterocycles. The van der Waals surface area contributed by atoms with Crippen molar-refractivity contribution in [3.63, 3.8) is 0 Å². The van der Waals surface area contributed by atoms with Gasteiger partial charge in [0.05, 0.1) is 45.1 Å². The van der Waals surface area contributed by atoms with Crippen molar-refractivity contribution in [3.05, 3.63) is 231 Å². The third-order valence-corrected chi connectivity index (χ3v) is 13.8. The molecule has 0 aliphatic carbocycles. The molecule has 0 saturated heterocycles. The molecule has 0 saturated carbocycles. The Morgan fingerprint density at radius 2 is 0.972 bits per heavy atom. The van der Waals surface area contributed by atoms with Gasteiger partial charge in [0, 0.05) is 88.3 Å². The van der Waals surface area contributed by atoms with E-state index in [-0.39, 0.29) is 21.1 Å². The van der Waals surface area contributed by atoms with Gasteiger partial charge in [-0.15, -0.1) is 41.4 Å². The predicted molar refractivity (Wildman–Crippen MR) is 283 cm³/mol. The van der Waals surface area contributed by atoms with Crippen LogP contribution in [0.4, 0.5) is 17.1 Å². The molecule has 71 heavy (non-hydrogen) atoms. The summed E-state index contributed by atoms with van der Waals surface area (Å²) < 4.78 is 13.3. The van der Waals surface area contributed by atoms with Crippen molar-refractivity contribution in [2.75, 3.05) is 16.8 Å². The van der Waals surface area contributed by atoms with Gasteiger partial charge in [0.25, 0.3) is 0 Å². The number of para-hydroxylation sites is 7. The minimum absolute atomic E-state index is 0. The van der Waals surface area contributed by atoms with Gasteiger partial charge in [0.15, 0.2) is 0 Å². The van der Waals surface area contributed by atoms with Crippen LogP contribution in [0.2, 0.25) is 0 Å². The van der Waals surface area contributed by atoms with Crippen molar-refractivity contribution in [1.82, 2.24) is 18.7 Å². The van der Waals surface area contributed by atoms with Crippen LogP contribution < -0.4 is 14.5 Å². The summed E-state index contributed by atoms with van der Waals surface area (Å²) in [7, 11) is 2.04. The average molecular weight is 1090 g/mol. The summed E-state index contributed by atoms with van der Waals surface area (Å²) in [5.41, 5.74) is 13.0. The summed E-state index contributed by atoms with van der Waals surface area (Å²) >= 11 is 0. The van der Waals surface area contributed by atoms with Crippen LogP contribution in [0.5, 0.6) is 11.5 Å². The van der Waals surface area contributed by atoms with Gasteiger partial charge < -0.3 is 28.2 Å². The van der Waals surface area contributed by atoms with Crippen LogP contribution in [-0.2, 0) is 21.1 Å². The number of aromatic nitrogens is 4. The first-order valence-corrected chi connectivity index (χ1v) is 23.2.